The van der Waals surface area contributed by atoms with Gasteiger partial charge in [-0.05, 0) is 48.3 Å². The molecule has 1 atom stereocenters. The molecule has 1 aromatic rings. The minimum atomic E-state index is -1.64. The quantitative estimate of drug-likeness (QED) is 0.476. The highest BCUT2D eigenvalue weighted by Gasteiger charge is 2.32. The molecule has 2 nitrogen and oxygen atoms in total. The molecule has 0 N–H and O–H groups in total. The van der Waals surface area contributed by atoms with Gasteiger partial charge in [-0.2, -0.15) is 0 Å². The van der Waals surface area contributed by atoms with Gasteiger partial charge in [-0.3, -0.25) is 0 Å². The SMILES string of the molecule is C=C(C)C(O[Si](CC)(CC)CC)c1ccc(OC)cc1. The molecule has 0 saturated heterocycles. The van der Waals surface area contributed by atoms with Crippen LogP contribution in [0.3, 0.4) is 0 Å². The Bertz CT molecular complexity index is 413. The van der Waals surface area contributed by atoms with E-state index in [1.54, 1.807) is 7.11 Å². The van der Waals surface area contributed by atoms with Crippen LogP contribution in [0.2, 0.25) is 18.1 Å². The second-order valence-corrected chi connectivity index (χ2v) is 10.1. The van der Waals surface area contributed by atoms with Gasteiger partial charge in [-0.15, -0.1) is 0 Å². The monoisotopic (exact) mass is 292 g/mol. The van der Waals surface area contributed by atoms with Gasteiger partial charge in [0.15, 0.2) is 8.32 Å². The molecule has 0 bridgehead atoms. The van der Waals surface area contributed by atoms with Crippen molar-refractivity contribution < 1.29 is 9.16 Å². The van der Waals surface area contributed by atoms with E-state index in [-0.39, 0.29) is 6.10 Å². The topological polar surface area (TPSA) is 18.5 Å². The summed E-state index contributed by atoms with van der Waals surface area (Å²) in [5.41, 5.74) is 2.24. The van der Waals surface area contributed by atoms with E-state index in [0.29, 0.717) is 0 Å². The molecule has 0 heterocycles. The molecular formula is C17H28O2Si. The summed E-state index contributed by atoms with van der Waals surface area (Å²) in [6.45, 7) is 12.9. The van der Waals surface area contributed by atoms with Crippen LogP contribution >= 0.6 is 0 Å². The second-order valence-electron chi connectivity index (χ2n) is 5.36. The first kappa shape index (κ1) is 17.0. The van der Waals surface area contributed by atoms with Crippen molar-refractivity contribution in [3.05, 3.63) is 42.0 Å². The largest absolute Gasteiger partial charge is 0.497 e. The highest BCUT2D eigenvalue weighted by Crippen LogP contribution is 2.34. The predicted molar refractivity (Wildman–Crippen MR) is 88.8 cm³/mol. The Labute approximate surface area is 124 Å². The van der Waals surface area contributed by atoms with E-state index in [1.807, 2.05) is 12.1 Å². The van der Waals surface area contributed by atoms with Crippen molar-refractivity contribution in [2.75, 3.05) is 7.11 Å². The molecule has 0 aliphatic rings. The van der Waals surface area contributed by atoms with Crippen molar-refractivity contribution in [1.29, 1.82) is 0 Å². The molecule has 0 spiro atoms. The summed E-state index contributed by atoms with van der Waals surface area (Å²) in [6.07, 6.45) is 0.00687. The fourth-order valence-electron chi connectivity index (χ4n) is 2.48. The lowest BCUT2D eigenvalue weighted by Crippen LogP contribution is -2.37. The number of rotatable bonds is 8. The summed E-state index contributed by atoms with van der Waals surface area (Å²) < 4.78 is 11.8. The smallest absolute Gasteiger partial charge is 0.193 e. The zero-order valence-electron chi connectivity index (χ0n) is 13.5. The van der Waals surface area contributed by atoms with Crippen molar-refractivity contribution in [3.63, 3.8) is 0 Å². The third kappa shape index (κ3) is 3.97. The first-order chi connectivity index (χ1) is 9.51. The second kappa shape index (κ2) is 7.65. The summed E-state index contributed by atoms with van der Waals surface area (Å²) in [5.74, 6) is 0.874. The highest BCUT2D eigenvalue weighted by molar-refractivity contribution is 6.73. The normalized spacial score (nSPS) is 13.1. The van der Waals surface area contributed by atoms with Gasteiger partial charge >= 0.3 is 0 Å². The summed E-state index contributed by atoms with van der Waals surface area (Å²) in [7, 11) is 0.0454. The van der Waals surface area contributed by atoms with Crippen LogP contribution in [0.1, 0.15) is 39.4 Å². The van der Waals surface area contributed by atoms with Crippen molar-refractivity contribution in [1.82, 2.24) is 0 Å². The average molecular weight is 292 g/mol. The van der Waals surface area contributed by atoms with E-state index < -0.39 is 8.32 Å². The predicted octanol–water partition coefficient (Wildman–Crippen LogP) is 5.33. The van der Waals surface area contributed by atoms with Gasteiger partial charge in [0.1, 0.15) is 5.75 Å². The van der Waals surface area contributed by atoms with E-state index in [9.17, 15) is 0 Å². The highest BCUT2D eigenvalue weighted by atomic mass is 28.4. The van der Waals surface area contributed by atoms with Gasteiger partial charge in [0.25, 0.3) is 0 Å². The molecule has 1 aromatic carbocycles. The third-order valence-corrected chi connectivity index (χ3v) is 8.77. The fourth-order valence-corrected chi connectivity index (χ4v) is 5.32. The molecule has 0 aliphatic carbocycles. The molecule has 0 saturated carbocycles. The Morgan fingerprint density at radius 1 is 1.10 bits per heavy atom. The van der Waals surface area contributed by atoms with Gasteiger partial charge < -0.3 is 9.16 Å². The van der Waals surface area contributed by atoms with Crippen LogP contribution in [-0.2, 0) is 4.43 Å². The average Bonchev–Trinajstić information content (AvgIpc) is 2.49. The van der Waals surface area contributed by atoms with E-state index >= 15 is 0 Å². The van der Waals surface area contributed by atoms with E-state index in [2.05, 4.69) is 46.4 Å². The van der Waals surface area contributed by atoms with Crippen LogP contribution in [-0.4, -0.2) is 15.4 Å². The Morgan fingerprint density at radius 3 is 1.95 bits per heavy atom. The molecule has 3 heteroatoms. The van der Waals surface area contributed by atoms with Crippen LogP contribution in [0.5, 0.6) is 5.75 Å². The van der Waals surface area contributed by atoms with Crippen LogP contribution < -0.4 is 4.74 Å². The van der Waals surface area contributed by atoms with E-state index in [4.69, 9.17) is 9.16 Å². The summed E-state index contributed by atoms with van der Waals surface area (Å²) in [4.78, 5) is 0. The molecule has 1 rings (SSSR count). The summed E-state index contributed by atoms with van der Waals surface area (Å²) in [5, 5.41) is 0. The van der Waals surface area contributed by atoms with Crippen molar-refractivity contribution in [3.8, 4) is 5.75 Å². The van der Waals surface area contributed by atoms with Crippen LogP contribution in [0.15, 0.2) is 36.4 Å². The Balaban J connectivity index is 3.01. The third-order valence-electron chi connectivity index (χ3n) is 4.17. The van der Waals surface area contributed by atoms with Crippen molar-refractivity contribution >= 4 is 8.32 Å². The zero-order valence-corrected chi connectivity index (χ0v) is 14.5. The standard InChI is InChI=1S/C17H28O2Si/c1-7-20(8-2,9-3)19-17(14(4)5)15-10-12-16(18-6)13-11-15/h10-13,17H,4,7-9H2,1-3,5-6H3. The molecule has 0 fully saturated rings. The molecular weight excluding hydrogens is 264 g/mol. The van der Waals surface area contributed by atoms with Gasteiger partial charge in [0.2, 0.25) is 0 Å². The molecule has 0 aliphatic heterocycles. The molecule has 0 radical (unpaired) electrons. The van der Waals surface area contributed by atoms with Crippen LogP contribution in [0.25, 0.3) is 0 Å². The first-order valence-corrected chi connectivity index (χ1v) is 10.0. The van der Waals surface area contributed by atoms with Gasteiger partial charge in [0, 0.05) is 0 Å². The number of benzene rings is 1. The number of hydrogen-bond acceptors (Lipinski definition) is 2. The Morgan fingerprint density at radius 2 is 1.60 bits per heavy atom. The summed E-state index contributed by atoms with van der Waals surface area (Å²) >= 11 is 0. The molecule has 1 unspecified atom stereocenters. The lowest BCUT2D eigenvalue weighted by molar-refractivity contribution is 0.226. The van der Waals surface area contributed by atoms with Gasteiger partial charge in [0.05, 0.1) is 13.2 Å². The van der Waals surface area contributed by atoms with Crippen LogP contribution in [0, 0.1) is 0 Å². The zero-order chi connectivity index (χ0) is 15.2. The molecule has 20 heavy (non-hydrogen) atoms. The van der Waals surface area contributed by atoms with Crippen molar-refractivity contribution in [2.45, 2.75) is 51.9 Å². The molecule has 112 valence electrons. The van der Waals surface area contributed by atoms with E-state index in [1.165, 1.54) is 5.56 Å². The lowest BCUT2D eigenvalue weighted by Gasteiger charge is -2.34. The minimum Gasteiger partial charge on any atom is -0.497 e. The van der Waals surface area contributed by atoms with Crippen molar-refractivity contribution in [2.24, 2.45) is 0 Å². The number of hydrogen-bond donors (Lipinski definition) is 0. The summed E-state index contributed by atoms with van der Waals surface area (Å²) in [6, 6.07) is 11.6. The minimum absolute atomic E-state index is 0.00687. The first-order valence-electron chi connectivity index (χ1n) is 7.49. The van der Waals surface area contributed by atoms with Gasteiger partial charge in [-0.25, -0.2) is 0 Å². The van der Waals surface area contributed by atoms with Gasteiger partial charge in [-0.1, -0.05) is 39.5 Å². The van der Waals surface area contributed by atoms with Crippen LogP contribution in [0.4, 0.5) is 0 Å². The maximum absolute atomic E-state index is 6.61. The maximum atomic E-state index is 6.61. The lowest BCUT2D eigenvalue weighted by atomic mass is 10.0. The number of methoxy groups -OCH3 is 1. The Hall–Kier alpha value is -1.06. The molecule has 0 amide bonds. The maximum Gasteiger partial charge on any atom is 0.193 e. The number of ether oxygens (including phenoxy) is 1. The Kier molecular flexibility index (Phi) is 6.50. The van der Waals surface area contributed by atoms with E-state index in [0.717, 1.165) is 29.5 Å². The fraction of sp³-hybridized carbons (Fsp3) is 0.529. The molecule has 0 aromatic heterocycles.